The van der Waals surface area contributed by atoms with E-state index in [2.05, 4.69) is 30.4 Å². The Morgan fingerprint density at radius 1 is 1.46 bits per heavy atom. The summed E-state index contributed by atoms with van der Waals surface area (Å²) < 4.78 is 2.61. The highest BCUT2D eigenvalue weighted by atomic mass is 32.2. The third kappa shape index (κ3) is 3.02. The number of rotatable bonds is 3. The molecule has 7 heteroatoms. The van der Waals surface area contributed by atoms with E-state index in [4.69, 9.17) is 4.84 Å². The number of carbonyl (C=O) groups excluding carboxylic acids is 1. The molecule has 0 N–H and O–H groups in total. The molecule has 0 bridgehead atoms. The van der Waals surface area contributed by atoms with E-state index in [1.807, 2.05) is 6.07 Å². The van der Waals surface area contributed by atoms with E-state index < -0.39 is 0 Å². The van der Waals surface area contributed by atoms with Crippen molar-refractivity contribution in [3.8, 4) is 10.6 Å². The first-order chi connectivity index (χ1) is 11.4. The molecule has 0 aliphatic heterocycles. The molecule has 0 radical (unpaired) electrons. The summed E-state index contributed by atoms with van der Waals surface area (Å²) in [6, 6.07) is 1.91. The fraction of sp³-hybridized carbons (Fsp3) is 0.471. The van der Waals surface area contributed by atoms with Gasteiger partial charge in [0.05, 0.1) is 14.8 Å². The highest BCUT2D eigenvalue weighted by molar-refractivity contribution is 8.00. The standard InChI is InChI=1S/C17H21N3O2S2/c1-10(21)20-7-6-12(18-20)15-11-8-17(2,3)9-13(19-22-4)14(11)16(23-5)24-15/h6-7H,8-9H2,1-5H3/b19-13+. The van der Waals surface area contributed by atoms with Crippen molar-refractivity contribution in [3.05, 3.63) is 23.4 Å². The lowest BCUT2D eigenvalue weighted by Gasteiger charge is -2.31. The highest BCUT2D eigenvalue weighted by Crippen LogP contribution is 2.48. The van der Waals surface area contributed by atoms with Crippen molar-refractivity contribution in [2.45, 2.75) is 37.8 Å². The Labute approximate surface area is 150 Å². The molecule has 5 nitrogen and oxygen atoms in total. The second kappa shape index (κ2) is 6.37. The molecule has 0 unspecified atom stereocenters. The zero-order chi connectivity index (χ0) is 17.5. The van der Waals surface area contributed by atoms with E-state index in [0.717, 1.165) is 29.1 Å². The molecule has 2 heterocycles. The number of thioether (sulfide) groups is 1. The molecule has 2 aromatic rings. The summed E-state index contributed by atoms with van der Waals surface area (Å²) >= 11 is 3.45. The van der Waals surface area contributed by atoms with E-state index in [9.17, 15) is 4.79 Å². The van der Waals surface area contributed by atoms with Gasteiger partial charge in [-0.1, -0.05) is 19.0 Å². The van der Waals surface area contributed by atoms with Crippen LogP contribution >= 0.6 is 23.1 Å². The largest absolute Gasteiger partial charge is 0.399 e. The molecule has 0 saturated heterocycles. The molecule has 0 aromatic carbocycles. The maximum absolute atomic E-state index is 11.5. The Morgan fingerprint density at radius 3 is 2.79 bits per heavy atom. The predicted octanol–water partition coefficient (Wildman–Crippen LogP) is 4.32. The molecule has 24 heavy (non-hydrogen) atoms. The van der Waals surface area contributed by atoms with Crippen molar-refractivity contribution >= 4 is 34.7 Å². The normalized spacial score (nSPS) is 17.8. The zero-order valence-corrected chi connectivity index (χ0v) is 16.2. The average molecular weight is 364 g/mol. The van der Waals surface area contributed by atoms with Gasteiger partial charge in [0.25, 0.3) is 0 Å². The van der Waals surface area contributed by atoms with E-state index >= 15 is 0 Å². The lowest BCUT2D eigenvalue weighted by Crippen LogP contribution is -2.27. The van der Waals surface area contributed by atoms with Gasteiger partial charge >= 0.3 is 0 Å². The topological polar surface area (TPSA) is 56.5 Å². The van der Waals surface area contributed by atoms with Crippen LogP contribution in [-0.4, -0.2) is 34.8 Å². The maximum Gasteiger partial charge on any atom is 0.243 e. The van der Waals surface area contributed by atoms with Gasteiger partial charge in [-0.15, -0.1) is 23.1 Å². The van der Waals surface area contributed by atoms with E-state index in [-0.39, 0.29) is 11.3 Å². The number of hydrogen-bond acceptors (Lipinski definition) is 6. The van der Waals surface area contributed by atoms with Gasteiger partial charge in [-0.2, -0.15) is 5.10 Å². The van der Waals surface area contributed by atoms with Crippen molar-refractivity contribution in [1.82, 2.24) is 9.78 Å². The van der Waals surface area contributed by atoms with Crippen LogP contribution in [0.1, 0.15) is 43.1 Å². The Kier molecular flexibility index (Phi) is 4.57. The molecule has 1 aliphatic carbocycles. The van der Waals surface area contributed by atoms with Crippen LogP contribution in [0.3, 0.4) is 0 Å². The fourth-order valence-corrected chi connectivity index (χ4v) is 5.21. The van der Waals surface area contributed by atoms with Crippen molar-refractivity contribution < 1.29 is 9.63 Å². The van der Waals surface area contributed by atoms with Gasteiger partial charge < -0.3 is 4.84 Å². The van der Waals surface area contributed by atoms with Crippen LogP contribution < -0.4 is 0 Å². The number of oxime groups is 1. The minimum absolute atomic E-state index is 0.0845. The molecule has 0 amide bonds. The Bertz CT molecular complexity index is 818. The molecule has 2 aromatic heterocycles. The van der Waals surface area contributed by atoms with Gasteiger partial charge in [-0.05, 0) is 36.1 Å². The Balaban J connectivity index is 2.19. The van der Waals surface area contributed by atoms with Gasteiger partial charge in [0, 0.05) is 18.7 Å². The minimum atomic E-state index is -0.0845. The first kappa shape index (κ1) is 17.2. The number of hydrogen-bond donors (Lipinski definition) is 0. The molecule has 0 fully saturated rings. The lowest BCUT2D eigenvalue weighted by atomic mass is 9.74. The molecular weight excluding hydrogens is 342 g/mol. The van der Waals surface area contributed by atoms with Gasteiger partial charge in [0.15, 0.2) is 0 Å². The van der Waals surface area contributed by atoms with Crippen molar-refractivity contribution in [2.75, 3.05) is 13.4 Å². The van der Waals surface area contributed by atoms with E-state index in [1.54, 1.807) is 36.4 Å². The highest BCUT2D eigenvalue weighted by Gasteiger charge is 2.36. The fourth-order valence-electron chi connectivity index (χ4n) is 3.14. The summed E-state index contributed by atoms with van der Waals surface area (Å²) in [6.45, 7) is 6.01. The smallest absolute Gasteiger partial charge is 0.243 e. The average Bonchev–Trinajstić information content (AvgIpc) is 3.10. The number of carbonyl (C=O) groups is 1. The first-order valence-corrected chi connectivity index (χ1v) is 9.77. The van der Waals surface area contributed by atoms with Gasteiger partial charge in [-0.25, -0.2) is 4.68 Å². The third-order valence-corrected chi connectivity index (χ3v) is 6.47. The summed E-state index contributed by atoms with van der Waals surface area (Å²) in [5.41, 5.74) is 4.42. The molecule has 0 saturated carbocycles. The summed E-state index contributed by atoms with van der Waals surface area (Å²) in [5.74, 6) is -0.0845. The predicted molar refractivity (Wildman–Crippen MR) is 99.3 cm³/mol. The van der Waals surface area contributed by atoms with Crippen molar-refractivity contribution in [2.24, 2.45) is 10.6 Å². The third-order valence-electron chi connectivity index (χ3n) is 4.10. The number of nitrogens with zero attached hydrogens (tertiary/aromatic N) is 3. The lowest BCUT2D eigenvalue weighted by molar-refractivity contribution is 0.0921. The molecule has 1 aliphatic rings. The van der Waals surface area contributed by atoms with Crippen molar-refractivity contribution in [1.29, 1.82) is 0 Å². The molecular formula is C17H21N3O2S2. The van der Waals surface area contributed by atoms with E-state index in [0.29, 0.717) is 0 Å². The van der Waals surface area contributed by atoms with Crippen LogP contribution in [0.4, 0.5) is 0 Å². The summed E-state index contributed by atoms with van der Waals surface area (Å²) in [5, 5.41) is 8.75. The van der Waals surface area contributed by atoms with Gasteiger partial charge in [0.2, 0.25) is 5.91 Å². The molecule has 128 valence electrons. The van der Waals surface area contributed by atoms with Crippen LogP contribution in [0.15, 0.2) is 21.6 Å². The van der Waals surface area contributed by atoms with Crippen LogP contribution in [0.5, 0.6) is 0 Å². The summed E-state index contributed by atoms with van der Waals surface area (Å²) in [7, 11) is 1.59. The zero-order valence-electron chi connectivity index (χ0n) is 14.5. The van der Waals surface area contributed by atoms with Crippen LogP contribution in [0.2, 0.25) is 0 Å². The van der Waals surface area contributed by atoms with Crippen LogP contribution in [0.25, 0.3) is 10.6 Å². The molecule has 0 spiro atoms. The molecule has 3 rings (SSSR count). The van der Waals surface area contributed by atoms with Crippen LogP contribution in [-0.2, 0) is 11.3 Å². The Morgan fingerprint density at radius 2 is 2.21 bits per heavy atom. The summed E-state index contributed by atoms with van der Waals surface area (Å²) in [6.07, 6.45) is 5.65. The Hall–Kier alpha value is -1.60. The maximum atomic E-state index is 11.5. The summed E-state index contributed by atoms with van der Waals surface area (Å²) in [4.78, 5) is 17.8. The number of aromatic nitrogens is 2. The SMILES string of the molecule is CO/N=C1\CC(C)(C)Cc2c(-c3ccn(C(C)=O)n3)sc(SC)c21. The van der Waals surface area contributed by atoms with E-state index in [1.165, 1.54) is 26.9 Å². The van der Waals surface area contributed by atoms with Gasteiger partial charge in [-0.3, -0.25) is 4.79 Å². The minimum Gasteiger partial charge on any atom is -0.399 e. The number of thiophene rings is 1. The second-order valence-electron chi connectivity index (χ2n) is 6.68. The van der Waals surface area contributed by atoms with Crippen LogP contribution in [0, 0.1) is 5.41 Å². The monoisotopic (exact) mass is 363 g/mol. The molecule has 0 atom stereocenters. The first-order valence-electron chi connectivity index (χ1n) is 7.73. The van der Waals surface area contributed by atoms with Gasteiger partial charge in [0.1, 0.15) is 12.8 Å². The number of fused-ring (bicyclic) bond motifs is 1. The second-order valence-corrected chi connectivity index (χ2v) is 8.77. The quantitative estimate of drug-likeness (QED) is 0.602. The van der Waals surface area contributed by atoms with Crippen molar-refractivity contribution in [3.63, 3.8) is 0 Å².